The zero-order valence-electron chi connectivity index (χ0n) is 14.7. The Balaban J connectivity index is 2.01. The third kappa shape index (κ3) is 5.72. The molecule has 0 radical (unpaired) electrons. The Hall–Kier alpha value is -1.79. The van der Waals surface area contributed by atoms with Crippen LogP contribution in [-0.4, -0.2) is 25.3 Å². The van der Waals surface area contributed by atoms with Crippen molar-refractivity contribution in [3.63, 3.8) is 0 Å². The molecule has 1 aliphatic rings. The number of hydrogen-bond acceptors (Lipinski definition) is 2. The summed E-state index contributed by atoms with van der Waals surface area (Å²) in [4.78, 5) is 14.1. The minimum Gasteiger partial charge on any atom is -0.369 e. The summed E-state index contributed by atoms with van der Waals surface area (Å²) in [7, 11) is -1.07. The van der Waals surface area contributed by atoms with Gasteiger partial charge in [-0.3, -0.25) is 4.79 Å². The van der Waals surface area contributed by atoms with Crippen LogP contribution >= 0.6 is 0 Å². The van der Waals surface area contributed by atoms with Crippen molar-refractivity contribution in [3.8, 4) is 11.8 Å². The molecular formula is C20H27NOSi. The average Bonchev–Trinajstić information content (AvgIpc) is 2.48. The number of rotatable bonds is 4. The SMILES string of the molecule is Cc1ccc(C2CC(=O)C=CN2CCC#CC[Si](C)(C)C)cc1. The van der Waals surface area contributed by atoms with Gasteiger partial charge >= 0.3 is 0 Å². The molecular weight excluding hydrogens is 298 g/mol. The van der Waals surface area contributed by atoms with Crippen LogP contribution in [0.1, 0.15) is 30.0 Å². The standard InChI is InChI=1S/C20H27NOSi/c1-17-8-10-18(11-9-17)20-16-19(22)12-14-21(20)13-6-5-7-15-23(2,3)4/h8-12,14,20H,6,13,15-16H2,1-4H3. The normalized spacial score (nSPS) is 17.8. The minimum absolute atomic E-state index is 0.145. The molecule has 0 aliphatic carbocycles. The van der Waals surface area contributed by atoms with Gasteiger partial charge in [-0.05, 0) is 18.6 Å². The van der Waals surface area contributed by atoms with E-state index in [0.29, 0.717) is 6.42 Å². The first kappa shape index (κ1) is 17.6. The number of aryl methyl sites for hydroxylation is 1. The van der Waals surface area contributed by atoms with Gasteiger partial charge in [0.15, 0.2) is 5.78 Å². The van der Waals surface area contributed by atoms with Crippen LogP contribution in [0, 0.1) is 18.8 Å². The smallest absolute Gasteiger partial charge is 0.159 e. The molecule has 1 aliphatic heterocycles. The van der Waals surface area contributed by atoms with Gasteiger partial charge in [-0.1, -0.05) is 49.5 Å². The lowest BCUT2D eigenvalue weighted by Gasteiger charge is -2.32. The number of allylic oxidation sites excluding steroid dienone is 1. The van der Waals surface area contributed by atoms with Crippen LogP contribution in [-0.2, 0) is 4.79 Å². The van der Waals surface area contributed by atoms with Gasteiger partial charge in [-0.25, -0.2) is 0 Å². The van der Waals surface area contributed by atoms with Crippen molar-refractivity contribution in [2.24, 2.45) is 0 Å². The van der Waals surface area contributed by atoms with E-state index in [9.17, 15) is 4.79 Å². The van der Waals surface area contributed by atoms with Gasteiger partial charge in [-0.2, -0.15) is 0 Å². The zero-order valence-corrected chi connectivity index (χ0v) is 15.7. The predicted molar refractivity (Wildman–Crippen MR) is 99.9 cm³/mol. The zero-order chi connectivity index (χ0) is 16.9. The second kappa shape index (κ2) is 7.65. The highest BCUT2D eigenvalue weighted by Crippen LogP contribution is 2.28. The number of hydrogen-bond donors (Lipinski definition) is 0. The third-order valence-corrected chi connectivity index (χ3v) is 5.19. The Morgan fingerprint density at radius 1 is 1.17 bits per heavy atom. The maximum atomic E-state index is 11.8. The lowest BCUT2D eigenvalue weighted by atomic mass is 9.96. The van der Waals surface area contributed by atoms with Crippen molar-refractivity contribution >= 4 is 13.9 Å². The molecule has 0 saturated carbocycles. The topological polar surface area (TPSA) is 20.3 Å². The summed E-state index contributed by atoms with van der Waals surface area (Å²) in [6.07, 6.45) is 5.05. The predicted octanol–water partition coefficient (Wildman–Crippen LogP) is 4.56. The van der Waals surface area contributed by atoms with Crippen LogP contribution < -0.4 is 0 Å². The molecule has 2 nitrogen and oxygen atoms in total. The lowest BCUT2D eigenvalue weighted by Crippen LogP contribution is -2.29. The summed E-state index contributed by atoms with van der Waals surface area (Å²) in [5, 5.41) is 0. The Bertz CT molecular complexity index is 628. The number of carbonyl (C=O) groups excluding carboxylic acids is 1. The summed E-state index contributed by atoms with van der Waals surface area (Å²) in [5.41, 5.74) is 2.46. The first-order valence-electron chi connectivity index (χ1n) is 8.34. The molecule has 0 N–H and O–H groups in total. The van der Waals surface area contributed by atoms with Gasteiger partial charge in [0.05, 0.1) is 14.1 Å². The van der Waals surface area contributed by atoms with E-state index in [1.165, 1.54) is 11.1 Å². The van der Waals surface area contributed by atoms with Crippen molar-refractivity contribution < 1.29 is 4.79 Å². The second-order valence-electron chi connectivity index (χ2n) is 7.49. The quantitative estimate of drug-likeness (QED) is 0.597. The molecule has 2 rings (SSSR count). The van der Waals surface area contributed by atoms with Crippen molar-refractivity contribution in [1.82, 2.24) is 4.90 Å². The Kier molecular flexibility index (Phi) is 5.84. The van der Waals surface area contributed by atoms with Crippen molar-refractivity contribution in [3.05, 3.63) is 47.7 Å². The fourth-order valence-electron chi connectivity index (χ4n) is 2.59. The van der Waals surface area contributed by atoms with E-state index in [1.54, 1.807) is 6.08 Å². The summed E-state index contributed by atoms with van der Waals surface area (Å²) in [6, 6.07) is 9.70. The fourth-order valence-corrected chi connectivity index (χ4v) is 3.24. The van der Waals surface area contributed by atoms with Gasteiger partial charge in [-0.15, -0.1) is 11.8 Å². The minimum atomic E-state index is -1.07. The van der Waals surface area contributed by atoms with Crippen LogP contribution in [0.5, 0.6) is 0 Å². The molecule has 3 heteroatoms. The van der Waals surface area contributed by atoms with Crippen molar-refractivity contribution in [2.75, 3.05) is 6.54 Å². The highest BCUT2D eigenvalue weighted by Gasteiger charge is 2.23. The van der Waals surface area contributed by atoms with E-state index in [2.05, 4.69) is 67.6 Å². The molecule has 0 saturated heterocycles. The van der Waals surface area contributed by atoms with E-state index in [4.69, 9.17) is 0 Å². The van der Waals surface area contributed by atoms with Gasteiger partial charge in [0.25, 0.3) is 0 Å². The van der Waals surface area contributed by atoms with Crippen LogP contribution in [0.3, 0.4) is 0 Å². The molecule has 1 aromatic rings. The summed E-state index contributed by atoms with van der Waals surface area (Å²) in [5.74, 6) is 6.84. The molecule has 1 heterocycles. The van der Waals surface area contributed by atoms with E-state index >= 15 is 0 Å². The first-order valence-corrected chi connectivity index (χ1v) is 12.0. The molecule has 0 bridgehead atoms. The highest BCUT2D eigenvalue weighted by atomic mass is 28.3. The van der Waals surface area contributed by atoms with Gasteiger partial charge in [0.2, 0.25) is 0 Å². The van der Waals surface area contributed by atoms with Crippen molar-refractivity contribution in [2.45, 2.75) is 51.5 Å². The summed E-state index contributed by atoms with van der Waals surface area (Å²) < 4.78 is 0. The fraction of sp³-hybridized carbons (Fsp3) is 0.450. The third-order valence-electron chi connectivity index (χ3n) is 3.95. The van der Waals surface area contributed by atoms with Crippen LogP contribution in [0.25, 0.3) is 0 Å². The summed E-state index contributed by atoms with van der Waals surface area (Å²) in [6.45, 7) is 9.99. The van der Waals surface area contributed by atoms with Crippen molar-refractivity contribution in [1.29, 1.82) is 0 Å². The molecule has 1 atom stereocenters. The van der Waals surface area contributed by atoms with Gasteiger partial charge in [0, 0.05) is 31.6 Å². The van der Waals surface area contributed by atoms with Crippen LogP contribution in [0.4, 0.5) is 0 Å². The Morgan fingerprint density at radius 2 is 1.87 bits per heavy atom. The first-order chi connectivity index (χ1) is 10.8. The second-order valence-corrected chi connectivity index (χ2v) is 13.0. The molecule has 0 amide bonds. The Labute approximate surface area is 141 Å². The number of benzene rings is 1. The van der Waals surface area contributed by atoms with E-state index in [-0.39, 0.29) is 11.8 Å². The van der Waals surface area contributed by atoms with E-state index in [0.717, 1.165) is 19.0 Å². The highest BCUT2D eigenvalue weighted by molar-refractivity contribution is 6.76. The summed E-state index contributed by atoms with van der Waals surface area (Å²) >= 11 is 0. The Morgan fingerprint density at radius 3 is 2.52 bits per heavy atom. The molecule has 23 heavy (non-hydrogen) atoms. The maximum Gasteiger partial charge on any atom is 0.159 e. The number of carbonyl (C=O) groups is 1. The van der Waals surface area contributed by atoms with E-state index in [1.807, 2.05) is 6.20 Å². The molecule has 1 aromatic carbocycles. The monoisotopic (exact) mass is 325 g/mol. The molecule has 0 spiro atoms. The van der Waals surface area contributed by atoms with Crippen LogP contribution in [0.15, 0.2) is 36.5 Å². The van der Waals surface area contributed by atoms with Gasteiger partial charge in [0.1, 0.15) is 0 Å². The van der Waals surface area contributed by atoms with E-state index < -0.39 is 8.07 Å². The average molecular weight is 326 g/mol. The lowest BCUT2D eigenvalue weighted by molar-refractivity contribution is -0.116. The van der Waals surface area contributed by atoms with Gasteiger partial charge < -0.3 is 4.90 Å². The molecule has 122 valence electrons. The van der Waals surface area contributed by atoms with Crippen LogP contribution in [0.2, 0.25) is 25.7 Å². The maximum absolute atomic E-state index is 11.8. The molecule has 0 fully saturated rings. The molecule has 1 unspecified atom stereocenters. The largest absolute Gasteiger partial charge is 0.369 e. The molecule has 0 aromatic heterocycles. The number of nitrogens with zero attached hydrogens (tertiary/aromatic N) is 1. The number of ketones is 1.